The van der Waals surface area contributed by atoms with Gasteiger partial charge in [-0.25, -0.2) is 0 Å². The van der Waals surface area contributed by atoms with Crippen molar-refractivity contribution in [1.82, 2.24) is 10.2 Å². The smallest absolute Gasteiger partial charge is 0.147 e. The van der Waals surface area contributed by atoms with E-state index in [4.69, 9.17) is 4.74 Å². The molecule has 4 heteroatoms. The van der Waals surface area contributed by atoms with E-state index in [0.717, 1.165) is 41.2 Å². The minimum absolute atomic E-state index is 0.831. The summed E-state index contributed by atoms with van der Waals surface area (Å²) in [5.41, 5.74) is 1.15. The van der Waals surface area contributed by atoms with Gasteiger partial charge in [-0.1, -0.05) is 121 Å². The molecule has 1 heterocycles. The second-order valence-corrected chi connectivity index (χ2v) is 12.2. The van der Waals surface area contributed by atoms with Crippen molar-refractivity contribution in [3.63, 3.8) is 0 Å². The SMILES string of the molecule is CCCCCCCCCCc1nnc(-c2ccc(OCCC[C@H]3CC[C@H](CCCCC)CC3)cc2)s1. The van der Waals surface area contributed by atoms with Crippen LogP contribution in [0.3, 0.4) is 0 Å². The van der Waals surface area contributed by atoms with Crippen LogP contribution in [0, 0.1) is 11.8 Å². The predicted octanol–water partition coefficient (Wildman–Crippen LogP) is 10.4. The van der Waals surface area contributed by atoms with E-state index in [1.807, 2.05) is 0 Å². The summed E-state index contributed by atoms with van der Waals surface area (Å²) >= 11 is 1.75. The molecule has 0 bridgehead atoms. The van der Waals surface area contributed by atoms with Crippen LogP contribution in [0.4, 0.5) is 0 Å². The van der Waals surface area contributed by atoms with Crippen molar-refractivity contribution < 1.29 is 4.74 Å². The molecule has 1 fully saturated rings. The van der Waals surface area contributed by atoms with Gasteiger partial charge in [0, 0.05) is 12.0 Å². The van der Waals surface area contributed by atoms with Gasteiger partial charge in [-0.2, -0.15) is 0 Å². The summed E-state index contributed by atoms with van der Waals surface area (Å²) in [6, 6.07) is 8.46. The van der Waals surface area contributed by atoms with Gasteiger partial charge in [-0.15, -0.1) is 10.2 Å². The zero-order chi connectivity index (χ0) is 25.3. The summed E-state index contributed by atoms with van der Waals surface area (Å²) in [6.07, 6.45) is 25.8. The van der Waals surface area contributed by atoms with Crippen LogP contribution in [-0.2, 0) is 6.42 Å². The van der Waals surface area contributed by atoms with Crippen molar-refractivity contribution in [1.29, 1.82) is 0 Å². The highest BCUT2D eigenvalue weighted by atomic mass is 32.1. The Kier molecular flexibility index (Phi) is 14.5. The molecule has 0 atom stereocenters. The first-order valence-corrected chi connectivity index (χ1v) is 16.2. The lowest BCUT2D eigenvalue weighted by Crippen LogP contribution is -2.15. The molecule has 2 aromatic rings. The lowest BCUT2D eigenvalue weighted by Gasteiger charge is -2.28. The summed E-state index contributed by atoms with van der Waals surface area (Å²) in [6.45, 7) is 5.41. The molecule has 0 spiro atoms. The quantitative estimate of drug-likeness (QED) is 0.176. The van der Waals surface area contributed by atoms with Crippen LogP contribution in [0.1, 0.15) is 134 Å². The molecule has 36 heavy (non-hydrogen) atoms. The number of rotatable bonds is 19. The van der Waals surface area contributed by atoms with Gasteiger partial charge in [0.2, 0.25) is 0 Å². The van der Waals surface area contributed by atoms with Gasteiger partial charge < -0.3 is 4.74 Å². The van der Waals surface area contributed by atoms with Crippen molar-refractivity contribution in [3.8, 4) is 16.3 Å². The highest BCUT2D eigenvalue weighted by Gasteiger charge is 2.20. The summed E-state index contributed by atoms with van der Waals surface area (Å²) < 4.78 is 6.05. The molecule has 0 aliphatic heterocycles. The largest absolute Gasteiger partial charge is 0.494 e. The Hall–Kier alpha value is -1.42. The van der Waals surface area contributed by atoms with E-state index in [1.54, 1.807) is 11.3 Å². The van der Waals surface area contributed by atoms with Gasteiger partial charge in [0.1, 0.15) is 15.8 Å². The Balaban J connectivity index is 1.26. The zero-order valence-electron chi connectivity index (χ0n) is 23.3. The Morgan fingerprint density at radius 3 is 1.94 bits per heavy atom. The van der Waals surface area contributed by atoms with Crippen LogP contribution in [0.2, 0.25) is 0 Å². The van der Waals surface area contributed by atoms with E-state index >= 15 is 0 Å². The molecular weight excluding hydrogens is 460 g/mol. The molecule has 202 valence electrons. The molecule has 1 aliphatic rings. The molecule has 0 unspecified atom stereocenters. The van der Waals surface area contributed by atoms with E-state index in [1.165, 1.54) is 121 Å². The normalized spacial score (nSPS) is 17.9. The molecular formula is C32H52N2OS. The van der Waals surface area contributed by atoms with E-state index in [9.17, 15) is 0 Å². The summed E-state index contributed by atoms with van der Waals surface area (Å²) in [5.74, 6) is 2.91. The van der Waals surface area contributed by atoms with Crippen molar-refractivity contribution in [2.24, 2.45) is 11.8 Å². The number of hydrogen-bond acceptors (Lipinski definition) is 4. The lowest BCUT2D eigenvalue weighted by molar-refractivity contribution is 0.228. The highest BCUT2D eigenvalue weighted by molar-refractivity contribution is 7.14. The lowest BCUT2D eigenvalue weighted by atomic mass is 9.78. The van der Waals surface area contributed by atoms with Gasteiger partial charge >= 0.3 is 0 Å². The van der Waals surface area contributed by atoms with Crippen LogP contribution in [-0.4, -0.2) is 16.8 Å². The standard InChI is InChI=1S/C32H52N2OS/c1-3-5-7-8-9-10-11-13-17-31-33-34-32(36-31)29-22-24-30(25-23-29)35-26-14-16-28-20-18-27(19-21-28)15-12-6-4-2/h22-25,27-28H,3-21,26H2,1-2H3/t27-,28-. The number of ether oxygens (including phenoxy) is 1. The Morgan fingerprint density at radius 2 is 1.28 bits per heavy atom. The van der Waals surface area contributed by atoms with Crippen LogP contribution in [0.25, 0.3) is 10.6 Å². The second-order valence-electron chi connectivity index (χ2n) is 11.1. The first kappa shape index (κ1) is 29.1. The van der Waals surface area contributed by atoms with Crippen LogP contribution in [0.15, 0.2) is 24.3 Å². The van der Waals surface area contributed by atoms with Crippen LogP contribution in [0.5, 0.6) is 5.75 Å². The maximum atomic E-state index is 6.05. The van der Waals surface area contributed by atoms with Crippen LogP contribution < -0.4 is 4.74 Å². The molecule has 0 N–H and O–H groups in total. The molecule has 0 amide bonds. The average molecular weight is 513 g/mol. The summed E-state index contributed by atoms with van der Waals surface area (Å²) in [7, 11) is 0. The topological polar surface area (TPSA) is 35.0 Å². The third-order valence-electron chi connectivity index (χ3n) is 8.02. The number of aromatic nitrogens is 2. The first-order valence-electron chi connectivity index (χ1n) is 15.3. The number of unbranched alkanes of at least 4 members (excludes halogenated alkanes) is 9. The Labute approximate surface area is 225 Å². The first-order chi connectivity index (χ1) is 17.8. The average Bonchev–Trinajstić information content (AvgIpc) is 3.38. The summed E-state index contributed by atoms with van der Waals surface area (Å²) in [5, 5.41) is 11.1. The molecule has 0 radical (unpaired) electrons. The number of aryl methyl sites for hydroxylation is 1. The van der Waals surface area contributed by atoms with Gasteiger partial charge in [0.15, 0.2) is 0 Å². The molecule has 3 nitrogen and oxygen atoms in total. The zero-order valence-corrected chi connectivity index (χ0v) is 24.1. The fourth-order valence-electron chi connectivity index (χ4n) is 5.63. The van der Waals surface area contributed by atoms with Crippen LogP contribution >= 0.6 is 11.3 Å². The van der Waals surface area contributed by atoms with E-state index < -0.39 is 0 Å². The third kappa shape index (κ3) is 11.3. The van der Waals surface area contributed by atoms with E-state index in [-0.39, 0.29) is 0 Å². The van der Waals surface area contributed by atoms with Gasteiger partial charge in [0.05, 0.1) is 6.61 Å². The van der Waals surface area contributed by atoms with Gasteiger partial charge in [-0.05, 0) is 55.4 Å². The van der Waals surface area contributed by atoms with Gasteiger partial charge in [0.25, 0.3) is 0 Å². The third-order valence-corrected chi connectivity index (χ3v) is 9.05. The molecule has 1 aliphatic carbocycles. The van der Waals surface area contributed by atoms with Crippen molar-refractivity contribution in [2.75, 3.05) is 6.61 Å². The van der Waals surface area contributed by atoms with E-state index in [0.29, 0.717) is 0 Å². The maximum absolute atomic E-state index is 6.05. The van der Waals surface area contributed by atoms with E-state index in [2.05, 4.69) is 48.3 Å². The van der Waals surface area contributed by atoms with Crippen molar-refractivity contribution in [3.05, 3.63) is 29.3 Å². The van der Waals surface area contributed by atoms with Crippen molar-refractivity contribution in [2.45, 2.75) is 136 Å². The fourth-order valence-corrected chi connectivity index (χ4v) is 6.52. The predicted molar refractivity (Wildman–Crippen MR) is 156 cm³/mol. The number of nitrogens with zero attached hydrogens (tertiary/aromatic N) is 2. The van der Waals surface area contributed by atoms with Crippen molar-refractivity contribution >= 4 is 11.3 Å². The number of hydrogen-bond donors (Lipinski definition) is 0. The Bertz CT molecular complexity index is 795. The molecule has 1 aromatic heterocycles. The van der Waals surface area contributed by atoms with Gasteiger partial charge in [-0.3, -0.25) is 0 Å². The molecule has 1 saturated carbocycles. The number of benzene rings is 1. The molecule has 3 rings (SSSR count). The minimum Gasteiger partial charge on any atom is -0.494 e. The summed E-state index contributed by atoms with van der Waals surface area (Å²) in [4.78, 5) is 0. The molecule has 0 saturated heterocycles. The minimum atomic E-state index is 0.831. The molecule has 1 aromatic carbocycles. The maximum Gasteiger partial charge on any atom is 0.147 e. The monoisotopic (exact) mass is 512 g/mol. The highest BCUT2D eigenvalue weighted by Crippen LogP contribution is 2.34. The Morgan fingerprint density at radius 1 is 0.694 bits per heavy atom. The second kappa shape index (κ2) is 17.9. The fraction of sp³-hybridized carbons (Fsp3) is 0.750.